The predicted molar refractivity (Wildman–Crippen MR) is 80.4 cm³/mol. The molecule has 1 unspecified atom stereocenters. The van der Waals surface area contributed by atoms with Gasteiger partial charge in [0.25, 0.3) is 0 Å². The third-order valence-electron chi connectivity index (χ3n) is 4.68. The number of rotatable bonds is 4. The van der Waals surface area contributed by atoms with Gasteiger partial charge in [-0.1, -0.05) is 6.42 Å². The van der Waals surface area contributed by atoms with Crippen LogP contribution in [0.15, 0.2) is 6.20 Å². The summed E-state index contributed by atoms with van der Waals surface area (Å²) >= 11 is 0. The van der Waals surface area contributed by atoms with Crippen LogP contribution in [0.2, 0.25) is 0 Å². The highest BCUT2D eigenvalue weighted by atomic mass is 16.5. The first kappa shape index (κ1) is 15.3. The second-order valence-electron chi connectivity index (χ2n) is 6.08. The topological polar surface area (TPSA) is 79.6 Å². The fraction of sp³-hybridized carbons (Fsp3) is 0.733. The van der Waals surface area contributed by atoms with Gasteiger partial charge in [-0.25, -0.2) is 4.79 Å². The smallest absolute Gasteiger partial charge is 0.317 e. The van der Waals surface area contributed by atoms with E-state index in [1.54, 1.807) is 4.90 Å². The van der Waals surface area contributed by atoms with Gasteiger partial charge in [0, 0.05) is 13.6 Å². The zero-order valence-corrected chi connectivity index (χ0v) is 13.0. The molecule has 7 nitrogen and oxygen atoms in total. The fourth-order valence-corrected chi connectivity index (χ4v) is 3.04. The second kappa shape index (κ2) is 6.66. The van der Waals surface area contributed by atoms with Crippen molar-refractivity contribution in [1.82, 2.24) is 20.0 Å². The molecule has 2 amide bonds. The molecule has 1 aromatic heterocycles. The van der Waals surface area contributed by atoms with Crippen LogP contribution in [0.1, 0.15) is 36.4 Å². The van der Waals surface area contributed by atoms with Crippen LogP contribution < -0.4 is 5.32 Å². The Kier molecular flexibility index (Phi) is 4.63. The number of carbonyl (C=O) groups is 1. The number of nitrogens with one attached hydrogen (secondary N) is 1. The van der Waals surface area contributed by atoms with Crippen LogP contribution in [0.5, 0.6) is 0 Å². The molecular weight excluding hydrogens is 284 g/mol. The monoisotopic (exact) mass is 308 g/mol. The zero-order chi connectivity index (χ0) is 15.5. The van der Waals surface area contributed by atoms with E-state index in [-0.39, 0.29) is 18.7 Å². The van der Waals surface area contributed by atoms with Crippen molar-refractivity contribution in [3.05, 3.63) is 17.5 Å². The molecule has 1 saturated heterocycles. The highest BCUT2D eigenvalue weighted by Crippen LogP contribution is 2.37. The van der Waals surface area contributed by atoms with Gasteiger partial charge in [-0.05, 0) is 24.3 Å². The number of urea groups is 1. The van der Waals surface area contributed by atoms with E-state index in [0.29, 0.717) is 32.2 Å². The van der Waals surface area contributed by atoms with Crippen molar-refractivity contribution in [2.75, 3.05) is 26.3 Å². The van der Waals surface area contributed by atoms with Gasteiger partial charge >= 0.3 is 6.03 Å². The van der Waals surface area contributed by atoms with Crippen molar-refractivity contribution < 1.29 is 14.6 Å². The maximum absolute atomic E-state index is 12.3. The molecular formula is C15H24N4O3. The standard InChI is InChI=1S/C15H24N4O3/c1-18-14(13(7-17-18)11-3-2-4-11)8-16-15(21)19-5-6-22-12(9-19)10-20/h7,11-12,20H,2-6,8-10H2,1H3,(H,16,21). The number of carbonyl (C=O) groups excluding carboxylic acids is 1. The largest absolute Gasteiger partial charge is 0.394 e. The van der Waals surface area contributed by atoms with Crippen LogP contribution in [0.25, 0.3) is 0 Å². The minimum atomic E-state index is -0.276. The Labute approximate surface area is 130 Å². The van der Waals surface area contributed by atoms with Crippen LogP contribution in [0, 0.1) is 0 Å². The molecule has 1 aromatic rings. The quantitative estimate of drug-likeness (QED) is 0.853. The van der Waals surface area contributed by atoms with Crippen molar-refractivity contribution in [3.63, 3.8) is 0 Å². The molecule has 0 bridgehead atoms. The maximum atomic E-state index is 12.3. The molecule has 122 valence electrons. The van der Waals surface area contributed by atoms with Crippen LogP contribution >= 0.6 is 0 Å². The van der Waals surface area contributed by atoms with Gasteiger partial charge in [0.2, 0.25) is 0 Å². The first-order valence-corrected chi connectivity index (χ1v) is 7.95. The Morgan fingerprint density at radius 1 is 1.55 bits per heavy atom. The Bertz CT molecular complexity index is 527. The van der Waals surface area contributed by atoms with Gasteiger partial charge in [-0.15, -0.1) is 0 Å². The number of hydrogen-bond acceptors (Lipinski definition) is 4. The average Bonchev–Trinajstić information content (AvgIpc) is 2.84. The molecule has 0 spiro atoms. The number of morpholine rings is 1. The van der Waals surface area contributed by atoms with E-state index in [4.69, 9.17) is 9.84 Å². The summed E-state index contributed by atoms with van der Waals surface area (Å²) in [6.45, 7) is 1.89. The Morgan fingerprint density at radius 2 is 2.36 bits per heavy atom. The summed E-state index contributed by atoms with van der Waals surface area (Å²) in [6.07, 6.45) is 5.37. The highest BCUT2D eigenvalue weighted by molar-refractivity contribution is 5.74. The summed E-state index contributed by atoms with van der Waals surface area (Å²) in [4.78, 5) is 14.0. The van der Waals surface area contributed by atoms with Gasteiger partial charge in [0.15, 0.2) is 0 Å². The summed E-state index contributed by atoms with van der Waals surface area (Å²) in [5.41, 5.74) is 2.36. The zero-order valence-electron chi connectivity index (χ0n) is 13.0. The number of ether oxygens (including phenoxy) is 1. The molecule has 1 saturated carbocycles. The second-order valence-corrected chi connectivity index (χ2v) is 6.08. The number of aryl methyl sites for hydroxylation is 1. The molecule has 1 aliphatic carbocycles. The number of aliphatic hydroxyl groups is 1. The lowest BCUT2D eigenvalue weighted by Gasteiger charge is -2.32. The van der Waals surface area contributed by atoms with Crippen LogP contribution in [-0.2, 0) is 18.3 Å². The number of amides is 2. The number of aromatic nitrogens is 2. The molecule has 3 rings (SSSR count). The molecule has 7 heteroatoms. The SMILES string of the molecule is Cn1ncc(C2CCC2)c1CNC(=O)N1CCOC(CO)C1. The molecule has 0 aromatic carbocycles. The molecule has 2 aliphatic rings. The molecule has 0 radical (unpaired) electrons. The summed E-state index contributed by atoms with van der Waals surface area (Å²) in [5.74, 6) is 0.600. The Balaban J connectivity index is 1.58. The fourth-order valence-electron chi connectivity index (χ4n) is 3.04. The van der Waals surface area contributed by atoms with E-state index in [1.807, 2.05) is 17.9 Å². The van der Waals surface area contributed by atoms with E-state index >= 15 is 0 Å². The average molecular weight is 308 g/mol. The van der Waals surface area contributed by atoms with Crippen molar-refractivity contribution in [2.45, 2.75) is 37.8 Å². The van der Waals surface area contributed by atoms with Crippen molar-refractivity contribution >= 4 is 6.03 Å². The summed E-state index contributed by atoms with van der Waals surface area (Å²) in [7, 11) is 1.92. The van der Waals surface area contributed by atoms with E-state index in [2.05, 4.69) is 10.4 Å². The lowest BCUT2D eigenvalue weighted by Crippen LogP contribution is -2.50. The lowest BCUT2D eigenvalue weighted by molar-refractivity contribution is -0.0403. The molecule has 2 fully saturated rings. The summed E-state index contributed by atoms with van der Waals surface area (Å²) in [6, 6.07) is -0.109. The lowest BCUT2D eigenvalue weighted by atomic mass is 9.80. The Morgan fingerprint density at radius 3 is 3.05 bits per heavy atom. The number of nitrogens with zero attached hydrogens (tertiary/aromatic N) is 3. The van der Waals surface area contributed by atoms with Gasteiger partial charge in [0.1, 0.15) is 0 Å². The molecule has 22 heavy (non-hydrogen) atoms. The first-order valence-electron chi connectivity index (χ1n) is 7.95. The minimum Gasteiger partial charge on any atom is -0.394 e. The maximum Gasteiger partial charge on any atom is 0.317 e. The number of aliphatic hydroxyl groups excluding tert-OH is 1. The first-order chi connectivity index (χ1) is 10.7. The van der Waals surface area contributed by atoms with E-state index in [0.717, 1.165) is 5.69 Å². The minimum absolute atomic E-state index is 0.0582. The molecule has 1 aliphatic heterocycles. The Hall–Kier alpha value is -1.60. The summed E-state index contributed by atoms with van der Waals surface area (Å²) in [5, 5.41) is 16.4. The third-order valence-corrected chi connectivity index (χ3v) is 4.68. The van der Waals surface area contributed by atoms with Gasteiger partial charge in [-0.2, -0.15) is 5.10 Å². The van der Waals surface area contributed by atoms with Gasteiger partial charge in [0.05, 0.1) is 44.3 Å². The summed E-state index contributed by atoms with van der Waals surface area (Å²) < 4.78 is 7.21. The normalized spacial score (nSPS) is 22.5. The van der Waals surface area contributed by atoms with E-state index in [9.17, 15) is 4.79 Å². The molecule has 2 N–H and O–H groups in total. The van der Waals surface area contributed by atoms with Crippen LogP contribution in [0.3, 0.4) is 0 Å². The van der Waals surface area contributed by atoms with Gasteiger partial charge < -0.3 is 20.1 Å². The third kappa shape index (κ3) is 3.10. The van der Waals surface area contributed by atoms with E-state index < -0.39 is 0 Å². The van der Waals surface area contributed by atoms with Crippen LogP contribution in [-0.4, -0.2) is 58.2 Å². The van der Waals surface area contributed by atoms with Crippen LogP contribution in [0.4, 0.5) is 4.79 Å². The molecule has 2 heterocycles. The predicted octanol–water partition coefficient (Wildman–Crippen LogP) is 0.590. The van der Waals surface area contributed by atoms with E-state index in [1.165, 1.54) is 24.8 Å². The van der Waals surface area contributed by atoms with Crippen molar-refractivity contribution in [1.29, 1.82) is 0 Å². The molecule has 1 atom stereocenters. The number of hydrogen-bond donors (Lipinski definition) is 2. The highest BCUT2D eigenvalue weighted by Gasteiger charge is 2.26. The van der Waals surface area contributed by atoms with Gasteiger partial charge in [-0.3, -0.25) is 4.68 Å². The van der Waals surface area contributed by atoms with Crippen molar-refractivity contribution in [3.8, 4) is 0 Å². The van der Waals surface area contributed by atoms with Crippen molar-refractivity contribution in [2.24, 2.45) is 7.05 Å².